The van der Waals surface area contributed by atoms with E-state index in [1.54, 1.807) is 36.4 Å². The number of rotatable bonds is 9. The molecule has 0 amide bonds. The second kappa shape index (κ2) is 10.4. The van der Waals surface area contributed by atoms with E-state index in [1.807, 2.05) is 0 Å². The highest BCUT2D eigenvalue weighted by Crippen LogP contribution is 2.14. The first-order valence-electron chi connectivity index (χ1n) is 10.9. The van der Waals surface area contributed by atoms with Gasteiger partial charge in [0.25, 0.3) is 0 Å². The minimum Gasteiger partial charge on any atom is -0.285 e. The van der Waals surface area contributed by atoms with Gasteiger partial charge in [-0.25, -0.2) is 0 Å². The fourth-order valence-corrected chi connectivity index (χ4v) is 3.51. The average molecular weight is 474 g/mol. The third-order valence-electron chi connectivity index (χ3n) is 5.51. The largest absolute Gasteiger partial charge is 0.285 e. The molecule has 0 saturated carbocycles. The lowest BCUT2D eigenvalue weighted by Crippen LogP contribution is -2.17. The van der Waals surface area contributed by atoms with E-state index >= 15 is 0 Å². The van der Waals surface area contributed by atoms with Gasteiger partial charge in [0.05, 0.1) is 0 Å². The van der Waals surface area contributed by atoms with Crippen molar-refractivity contribution < 1.29 is 28.8 Å². The molecule has 0 saturated heterocycles. The minimum atomic E-state index is -0.817. The van der Waals surface area contributed by atoms with Crippen LogP contribution >= 0.6 is 0 Å². The molecule has 6 heteroatoms. The fraction of sp³-hybridized carbons (Fsp3) is 0. The van der Waals surface area contributed by atoms with Crippen molar-refractivity contribution >= 4 is 34.7 Å². The maximum atomic E-state index is 12.7. The summed E-state index contributed by atoms with van der Waals surface area (Å²) in [5.74, 6) is -4.43. The number of hydrogen-bond acceptors (Lipinski definition) is 6. The van der Waals surface area contributed by atoms with E-state index in [0.29, 0.717) is 0 Å². The highest BCUT2D eigenvalue weighted by atomic mass is 16.2. The zero-order valence-corrected chi connectivity index (χ0v) is 18.8. The van der Waals surface area contributed by atoms with Crippen LogP contribution in [0.15, 0.2) is 109 Å². The molecule has 0 aliphatic carbocycles. The van der Waals surface area contributed by atoms with Crippen LogP contribution in [0.2, 0.25) is 0 Å². The molecular weight excluding hydrogens is 456 g/mol. The van der Waals surface area contributed by atoms with Gasteiger partial charge in [-0.3, -0.25) is 28.8 Å². The first-order valence-corrected chi connectivity index (χ1v) is 10.9. The summed E-state index contributed by atoms with van der Waals surface area (Å²) in [6.45, 7) is 0. The van der Waals surface area contributed by atoms with Gasteiger partial charge in [-0.2, -0.15) is 0 Å². The Morgan fingerprint density at radius 3 is 0.611 bits per heavy atom. The Bertz CT molecular complexity index is 1370. The van der Waals surface area contributed by atoms with Crippen LogP contribution in [-0.4, -0.2) is 34.7 Å². The Kier molecular flexibility index (Phi) is 6.97. The Hall–Kier alpha value is -5.10. The molecule has 0 unspecified atom stereocenters. The molecule has 4 rings (SSSR count). The lowest BCUT2D eigenvalue weighted by molar-refractivity contribution is 0.0814. The number of benzene rings is 4. The summed E-state index contributed by atoms with van der Waals surface area (Å²) in [6, 6.07) is 26.7. The van der Waals surface area contributed by atoms with Crippen LogP contribution in [0.25, 0.3) is 0 Å². The molecule has 0 bridgehead atoms. The van der Waals surface area contributed by atoms with E-state index in [-0.39, 0.29) is 33.4 Å². The molecule has 0 spiro atoms. The van der Waals surface area contributed by atoms with Crippen molar-refractivity contribution in [3.05, 3.63) is 143 Å². The number of Topliss-reactive ketones (excluding diaryl/α,β-unsaturated/α-hetero) is 6. The Morgan fingerprint density at radius 1 is 0.250 bits per heavy atom. The smallest absolute Gasteiger partial charge is 0.233 e. The van der Waals surface area contributed by atoms with Crippen LogP contribution in [0.4, 0.5) is 0 Å². The van der Waals surface area contributed by atoms with E-state index in [9.17, 15) is 28.8 Å². The molecule has 0 aliphatic rings. The lowest BCUT2D eigenvalue weighted by Gasteiger charge is -2.05. The number of carbonyl (C=O) groups excluding carboxylic acids is 6. The van der Waals surface area contributed by atoms with Gasteiger partial charge in [0.1, 0.15) is 0 Å². The molecule has 0 N–H and O–H groups in total. The zero-order chi connectivity index (χ0) is 25.7. The van der Waals surface area contributed by atoms with Gasteiger partial charge in [0, 0.05) is 33.4 Å². The number of ketones is 6. The van der Waals surface area contributed by atoms with Crippen molar-refractivity contribution in [3.63, 3.8) is 0 Å². The van der Waals surface area contributed by atoms with Crippen molar-refractivity contribution in [2.24, 2.45) is 0 Å². The maximum Gasteiger partial charge on any atom is 0.233 e. The van der Waals surface area contributed by atoms with Crippen molar-refractivity contribution in [3.8, 4) is 0 Å². The predicted molar refractivity (Wildman–Crippen MR) is 132 cm³/mol. The van der Waals surface area contributed by atoms with Crippen LogP contribution in [0, 0.1) is 0 Å². The highest BCUT2D eigenvalue weighted by molar-refractivity contribution is 6.51. The van der Waals surface area contributed by atoms with Crippen molar-refractivity contribution in [2.45, 2.75) is 0 Å². The van der Waals surface area contributed by atoms with Crippen LogP contribution in [0.3, 0.4) is 0 Å². The van der Waals surface area contributed by atoms with Crippen molar-refractivity contribution in [1.29, 1.82) is 0 Å². The molecule has 6 nitrogen and oxygen atoms in total. The summed E-state index contributed by atoms with van der Waals surface area (Å²) in [5, 5.41) is 0. The predicted octanol–water partition coefficient (Wildman–Crippen LogP) is 4.88. The first-order chi connectivity index (χ1) is 17.4. The number of hydrogen-bond donors (Lipinski definition) is 0. The second-order valence-electron chi connectivity index (χ2n) is 7.86. The monoisotopic (exact) mass is 474 g/mol. The summed E-state index contributed by atoms with van der Waals surface area (Å²) in [5.41, 5.74) is 0.791. The molecule has 4 aromatic rings. The molecule has 174 valence electrons. The molecule has 0 aliphatic heterocycles. The van der Waals surface area contributed by atoms with E-state index in [0.717, 1.165) is 0 Å². The van der Waals surface area contributed by atoms with Crippen LogP contribution in [0.1, 0.15) is 62.1 Å². The number of carbonyl (C=O) groups is 6. The molecule has 0 fully saturated rings. The van der Waals surface area contributed by atoms with Gasteiger partial charge in [0.2, 0.25) is 34.7 Å². The van der Waals surface area contributed by atoms with Crippen LogP contribution < -0.4 is 0 Å². The van der Waals surface area contributed by atoms with E-state index in [4.69, 9.17) is 0 Å². The lowest BCUT2D eigenvalue weighted by atomic mass is 9.96. The standard InChI is InChI=1S/C30H18O6/c31-25(19-7-3-1-4-8-19)27(33)21-11-15-23(16-12-21)29(35)30(36)24-17-13-22(14-18-24)28(34)26(32)20-9-5-2-6-10-20/h1-18H. The van der Waals surface area contributed by atoms with E-state index < -0.39 is 34.7 Å². The fourth-order valence-electron chi connectivity index (χ4n) is 3.51. The van der Waals surface area contributed by atoms with Crippen LogP contribution in [-0.2, 0) is 0 Å². The van der Waals surface area contributed by atoms with Gasteiger partial charge >= 0.3 is 0 Å². The third-order valence-corrected chi connectivity index (χ3v) is 5.51. The molecule has 0 heterocycles. The summed E-state index contributed by atoms with van der Waals surface area (Å²) >= 11 is 0. The summed E-state index contributed by atoms with van der Waals surface area (Å²) in [4.78, 5) is 74.9. The van der Waals surface area contributed by atoms with Crippen molar-refractivity contribution in [1.82, 2.24) is 0 Å². The molecule has 0 radical (unpaired) electrons. The van der Waals surface area contributed by atoms with E-state index in [1.165, 1.54) is 72.8 Å². The van der Waals surface area contributed by atoms with Gasteiger partial charge < -0.3 is 0 Å². The maximum absolute atomic E-state index is 12.7. The van der Waals surface area contributed by atoms with Gasteiger partial charge in [0.15, 0.2) is 0 Å². The topological polar surface area (TPSA) is 102 Å². The zero-order valence-electron chi connectivity index (χ0n) is 18.8. The second-order valence-corrected chi connectivity index (χ2v) is 7.86. The third kappa shape index (κ3) is 5.03. The van der Waals surface area contributed by atoms with Crippen molar-refractivity contribution in [2.75, 3.05) is 0 Å². The molecule has 0 atom stereocenters. The summed E-state index contributed by atoms with van der Waals surface area (Å²) < 4.78 is 0. The van der Waals surface area contributed by atoms with Crippen LogP contribution in [0.5, 0.6) is 0 Å². The summed E-state index contributed by atoms with van der Waals surface area (Å²) in [6.07, 6.45) is 0. The SMILES string of the molecule is O=C(C(=O)c1ccc(C(=O)C(=O)c2ccc(C(=O)C(=O)c3ccccc3)cc2)cc1)c1ccccc1. The average Bonchev–Trinajstić information content (AvgIpc) is 2.96. The Labute approximate surface area is 206 Å². The van der Waals surface area contributed by atoms with Gasteiger partial charge in [-0.15, -0.1) is 0 Å². The quantitative estimate of drug-likeness (QED) is 0.253. The highest BCUT2D eigenvalue weighted by Gasteiger charge is 2.23. The molecule has 4 aromatic carbocycles. The molecule has 0 aromatic heterocycles. The van der Waals surface area contributed by atoms with Gasteiger partial charge in [-0.05, 0) is 0 Å². The Balaban J connectivity index is 1.45. The Morgan fingerprint density at radius 2 is 0.417 bits per heavy atom. The normalized spacial score (nSPS) is 10.3. The first kappa shape index (κ1) is 24.0. The molecular formula is C30H18O6. The summed E-state index contributed by atoms with van der Waals surface area (Å²) in [7, 11) is 0. The molecule has 36 heavy (non-hydrogen) atoms. The van der Waals surface area contributed by atoms with E-state index in [2.05, 4.69) is 0 Å². The minimum absolute atomic E-state index is 0.0446. The van der Waals surface area contributed by atoms with Gasteiger partial charge in [-0.1, -0.05) is 109 Å².